The molecular weight excluding hydrogens is 410 g/mol. The molecule has 3 heterocycles. The third-order valence-electron chi connectivity index (χ3n) is 5.25. The van der Waals surface area contributed by atoms with Gasteiger partial charge in [0, 0.05) is 24.0 Å². The highest BCUT2D eigenvalue weighted by atomic mass is 35.5. The zero-order chi connectivity index (χ0) is 20.5. The molecule has 152 valence electrons. The highest BCUT2D eigenvalue weighted by Crippen LogP contribution is 2.34. The van der Waals surface area contributed by atoms with Crippen molar-refractivity contribution in [1.29, 1.82) is 0 Å². The number of benzene rings is 1. The average Bonchev–Trinajstić information content (AvgIpc) is 3.28. The Kier molecular flexibility index (Phi) is 5.61. The highest BCUT2D eigenvalue weighted by molar-refractivity contribution is 7.18. The van der Waals surface area contributed by atoms with E-state index in [0.29, 0.717) is 41.1 Å². The van der Waals surface area contributed by atoms with Crippen LogP contribution >= 0.6 is 22.9 Å². The van der Waals surface area contributed by atoms with Crippen LogP contribution in [-0.2, 0) is 4.79 Å². The molecule has 3 aromatic rings. The van der Waals surface area contributed by atoms with Crippen molar-refractivity contribution in [3.05, 3.63) is 51.4 Å². The Morgan fingerprint density at radius 1 is 1.28 bits per heavy atom. The molecule has 0 bridgehead atoms. The molecule has 1 aliphatic rings. The molecule has 1 aromatic carbocycles. The van der Waals surface area contributed by atoms with Crippen molar-refractivity contribution >= 4 is 45.0 Å². The van der Waals surface area contributed by atoms with Gasteiger partial charge in [-0.25, -0.2) is 4.98 Å². The Balaban J connectivity index is 1.31. The molecule has 8 heteroatoms. The molecule has 29 heavy (non-hydrogen) atoms. The number of furan rings is 1. The summed E-state index contributed by atoms with van der Waals surface area (Å²) in [4.78, 5) is 31.3. The first-order valence-corrected chi connectivity index (χ1v) is 10.8. The number of carbonyl (C=O) groups is 2. The van der Waals surface area contributed by atoms with Crippen LogP contribution in [0.2, 0.25) is 5.02 Å². The lowest BCUT2D eigenvalue weighted by Crippen LogP contribution is -2.43. The Bertz CT molecular complexity index is 1070. The van der Waals surface area contributed by atoms with Gasteiger partial charge in [0.15, 0.2) is 0 Å². The summed E-state index contributed by atoms with van der Waals surface area (Å²) in [6, 6.07) is 7.46. The SMILES string of the molecule is Cc1cc(C(=O)NCC(=O)N2CCC(c3nc4cc(Cl)ccc4s3)CC2)c(C)o1. The summed E-state index contributed by atoms with van der Waals surface area (Å²) in [6.07, 6.45) is 1.74. The molecule has 1 N–H and O–H groups in total. The number of fused-ring (bicyclic) bond motifs is 1. The Morgan fingerprint density at radius 2 is 2.03 bits per heavy atom. The number of carbonyl (C=O) groups excluding carboxylic acids is 2. The maximum Gasteiger partial charge on any atom is 0.255 e. The lowest BCUT2D eigenvalue weighted by atomic mass is 9.97. The van der Waals surface area contributed by atoms with Crippen molar-refractivity contribution in [2.45, 2.75) is 32.6 Å². The average molecular weight is 432 g/mol. The van der Waals surface area contributed by atoms with Crippen LogP contribution in [0.1, 0.15) is 45.6 Å². The van der Waals surface area contributed by atoms with Gasteiger partial charge < -0.3 is 14.6 Å². The Morgan fingerprint density at radius 3 is 2.72 bits per heavy atom. The summed E-state index contributed by atoms with van der Waals surface area (Å²) in [7, 11) is 0. The first-order chi connectivity index (χ1) is 13.9. The first kappa shape index (κ1) is 19.9. The molecule has 2 aromatic heterocycles. The van der Waals surface area contributed by atoms with Crippen LogP contribution in [-0.4, -0.2) is 41.3 Å². The Labute approximate surface area is 177 Å². The standard InChI is InChI=1S/C21H22ClN3O3S/c1-12-9-16(13(2)28-12)20(27)23-11-19(26)25-7-5-14(6-8-25)21-24-17-10-15(22)3-4-18(17)29-21/h3-4,9-10,14H,5-8,11H2,1-2H3,(H,23,27). The number of piperidine rings is 1. The van der Waals surface area contributed by atoms with Gasteiger partial charge in [-0.3, -0.25) is 9.59 Å². The van der Waals surface area contributed by atoms with Crippen molar-refractivity contribution in [3.63, 3.8) is 0 Å². The summed E-state index contributed by atoms with van der Waals surface area (Å²) in [5.74, 6) is 1.24. The number of hydrogen-bond donors (Lipinski definition) is 1. The number of halogens is 1. The van der Waals surface area contributed by atoms with Gasteiger partial charge in [-0.05, 0) is 51.0 Å². The van der Waals surface area contributed by atoms with Crippen LogP contribution in [0, 0.1) is 13.8 Å². The van der Waals surface area contributed by atoms with E-state index in [1.165, 1.54) is 0 Å². The molecule has 2 amide bonds. The minimum atomic E-state index is -0.282. The maximum absolute atomic E-state index is 12.5. The minimum Gasteiger partial charge on any atom is -0.466 e. The van der Waals surface area contributed by atoms with Crippen LogP contribution < -0.4 is 5.32 Å². The van der Waals surface area contributed by atoms with Gasteiger partial charge in [-0.15, -0.1) is 11.3 Å². The predicted molar refractivity (Wildman–Crippen MR) is 114 cm³/mol. The van der Waals surface area contributed by atoms with Gasteiger partial charge in [0.25, 0.3) is 5.91 Å². The smallest absolute Gasteiger partial charge is 0.255 e. The van der Waals surface area contributed by atoms with E-state index in [1.807, 2.05) is 23.1 Å². The van der Waals surface area contributed by atoms with Crippen molar-refractivity contribution in [2.24, 2.45) is 0 Å². The second-order valence-corrected chi connectivity index (χ2v) is 8.83. The van der Waals surface area contributed by atoms with E-state index in [-0.39, 0.29) is 18.4 Å². The molecule has 0 atom stereocenters. The molecule has 0 spiro atoms. The third-order valence-corrected chi connectivity index (χ3v) is 6.68. The highest BCUT2D eigenvalue weighted by Gasteiger charge is 2.26. The number of nitrogens with one attached hydrogen (secondary N) is 1. The summed E-state index contributed by atoms with van der Waals surface area (Å²) in [6.45, 7) is 4.86. The number of hydrogen-bond acceptors (Lipinski definition) is 5. The number of likely N-dealkylation sites (tertiary alicyclic amines) is 1. The molecule has 1 fully saturated rings. The zero-order valence-corrected chi connectivity index (χ0v) is 17.9. The number of rotatable bonds is 4. The minimum absolute atomic E-state index is 0.00714. The second-order valence-electron chi connectivity index (χ2n) is 7.33. The van der Waals surface area contributed by atoms with Crippen molar-refractivity contribution in [2.75, 3.05) is 19.6 Å². The van der Waals surface area contributed by atoms with E-state index in [2.05, 4.69) is 5.32 Å². The summed E-state index contributed by atoms with van der Waals surface area (Å²) >= 11 is 7.75. The predicted octanol–water partition coefficient (Wildman–Crippen LogP) is 4.30. The quantitative estimate of drug-likeness (QED) is 0.668. The fourth-order valence-corrected chi connectivity index (χ4v) is 4.97. The van der Waals surface area contributed by atoms with E-state index in [4.69, 9.17) is 21.0 Å². The van der Waals surface area contributed by atoms with Gasteiger partial charge in [-0.2, -0.15) is 0 Å². The first-order valence-electron chi connectivity index (χ1n) is 9.59. The maximum atomic E-state index is 12.5. The molecule has 0 unspecified atom stereocenters. The fourth-order valence-electron chi connectivity index (χ4n) is 3.69. The molecule has 0 aliphatic carbocycles. The fraction of sp³-hybridized carbons (Fsp3) is 0.381. The normalized spacial score (nSPS) is 15.1. The number of amides is 2. The van der Waals surface area contributed by atoms with E-state index in [1.54, 1.807) is 31.3 Å². The third kappa shape index (κ3) is 4.31. The summed E-state index contributed by atoms with van der Waals surface area (Å²) in [5.41, 5.74) is 1.41. The van der Waals surface area contributed by atoms with Crippen LogP contribution in [0.4, 0.5) is 0 Å². The molecule has 0 saturated carbocycles. The Hall–Kier alpha value is -2.38. The second kappa shape index (κ2) is 8.16. The lowest BCUT2D eigenvalue weighted by molar-refractivity contribution is -0.131. The largest absolute Gasteiger partial charge is 0.466 e. The molecule has 1 aliphatic heterocycles. The van der Waals surface area contributed by atoms with Crippen LogP contribution in [0.15, 0.2) is 28.7 Å². The lowest BCUT2D eigenvalue weighted by Gasteiger charge is -2.31. The van der Waals surface area contributed by atoms with Gasteiger partial charge >= 0.3 is 0 Å². The summed E-state index contributed by atoms with van der Waals surface area (Å²) < 4.78 is 6.51. The number of aromatic nitrogens is 1. The summed E-state index contributed by atoms with van der Waals surface area (Å²) in [5, 5.41) is 4.50. The van der Waals surface area contributed by atoms with E-state index in [0.717, 1.165) is 28.1 Å². The number of nitrogens with zero attached hydrogens (tertiary/aromatic N) is 2. The molecular formula is C21H22ClN3O3S. The van der Waals surface area contributed by atoms with Crippen LogP contribution in [0.3, 0.4) is 0 Å². The number of aryl methyl sites for hydroxylation is 2. The van der Waals surface area contributed by atoms with Gasteiger partial charge in [-0.1, -0.05) is 11.6 Å². The van der Waals surface area contributed by atoms with Gasteiger partial charge in [0.2, 0.25) is 5.91 Å². The van der Waals surface area contributed by atoms with E-state index in [9.17, 15) is 9.59 Å². The van der Waals surface area contributed by atoms with E-state index < -0.39 is 0 Å². The zero-order valence-electron chi connectivity index (χ0n) is 16.3. The van der Waals surface area contributed by atoms with Crippen molar-refractivity contribution in [1.82, 2.24) is 15.2 Å². The van der Waals surface area contributed by atoms with Gasteiger partial charge in [0.05, 0.1) is 27.3 Å². The molecule has 6 nitrogen and oxygen atoms in total. The van der Waals surface area contributed by atoms with Crippen molar-refractivity contribution in [3.8, 4) is 0 Å². The molecule has 1 saturated heterocycles. The molecule has 4 rings (SSSR count). The van der Waals surface area contributed by atoms with Gasteiger partial charge in [0.1, 0.15) is 11.5 Å². The van der Waals surface area contributed by atoms with Crippen LogP contribution in [0.25, 0.3) is 10.2 Å². The number of thiazole rings is 1. The topological polar surface area (TPSA) is 75.4 Å². The van der Waals surface area contributed by atoms with E-state index >= 15 is 0 Å². The van der Waals surface area contributed by atoms with Crippen LogP contribution in [0.5, 0.6) is 0 Å². The monoisotopic (exact) mass is 431 g/mol. The van der Waals surface area contributed by atoms with Crippen molar-refractivity contribution < 1.29 is 14.0 Å². The molecule has 0 radical (unpaired) electrons.